The zero-order chi connectivity index (χ0) is 20.0. The number of aryl methyl sites for hydroxylation is 1. The fourth-order valence-electron chi connectivity index (χ4n) is 3.98. The van der Waals surface area contributed by atoms with Crippen LogP contribution >= 0.6 is 0 Å². The first kappa shape index (κ1) is 17.3. The Bertz CT molecular complexity index is 1440. The number of para-hydroxylation sites is 3. The van der Waals surface area contributed by atoms with Crippen molar-refractivity contribution in [3.63, 3.8) is 0 Å². The van der Waals surface area contributed by atoms with E-state index in [9.17, 15) is 9.59 Å². The van der Waals surface area contributed by atoms with Gasteiger partial charge < -0.3 is 14.3 Å². The van der Waals surface area contributed by atoms with Gasteiger partial charge in [-0.05, 0) is 43.3 Å². The molecule has 0 spiro atoms. The second kappa shape index (κ2) is 6.67. The van der Waals surface area contributed by atoms with Gasteiger partial charge in [0.2, 0.25) is 5.91 Å². The lowest BCUT2D eigenvalue weighted by molar-refractivity contribution is -0.116. The normalized spacial score (nSPS) is 11.5. The van der Waals surface area contributed by atoms with Crippen LogP contribution in [0.2, 0.25) is 0 Å². The number of rotatable bonds is 4. The monoisotopic (exact) mass is 385 g/mol. The Morgan fingerprint density at radius 2 is 1.62 bits per heavy atom. The number of hydrogen-bond acceptors (Lipinski definition) is 3. The zero-order valence-electron chi connectivity index (χ0n) is 15.9. The maximum atomic E-state index is 12.6. The summed E-state index contributed by atoms with van der Waals surface area (Å²) in [7, 11) is 0. The van der Waals surface area contributed by atoms with E-state index in [0.29, 0.717) is 16.8 Å². The van der Waals surface area contributed by atoms with Crippen molar-refractivity contribution in [1.82, 2.24) is 9.13 Å². The Morgan fingerprint density at radius 3 is 2.45 bits per heavy atom. The van der Waals surface area contributed by atoms with Crippen LogP contribution in [-0.2, 0) is 17.9 Å². The van der Waals surface area contributed by atoms with E-state index in [1.807, 2.05) is 36.4 Å². The van der Waals surface area contributed by atoms with Gasteiger partial charge in [0.1, 0.15) is 6.54 Å². The van der Waals surface area contributed by atoms with Crippen LogP contribution < -0.4 is 11.1 Å². The molecule has 0 saturated carbocycles. The highest BCUT2D eigenvalue weighted by Gasteiger charge is 2.14. The van der Waals surface area contributed by atoms with Crippen molar-refractivity contribution in [3.05, 3.63) is 77.3 Å². The van der Waals surface area contributed by atoms with E-state index in [4.69, 9.17) is 4.42 Å². The molecular weight excluding hydrogens is 366 g/mol. The summed E-state index contributed by atoms with van der Waals surface area (Å²) in [6, 6.07) is 21.2. The second-order valence-corrected chi connectivity index (χ2v) is 6.96. The third kappa shape index (κ3) is 2.81. The topological polar surface area (TPSA) is 69.2 Å². The summed E-state index contributed by atoms with van der Waals surface area (Å²) in [5, 5.41) is 5.15. The molecule has 29 heavy (non-hydrogen) atoms. The van der Waals surface area contributed by atoms with E-state index in [2.05, 4.69) is 28.9 Å². The van der Waals surface area contributed by atoms with Gasteiger partial charge in [-0.2, -0.15) is 0 Å². The average molecular weight is 385 g/mol. The summed E-state index contributed by atoms with van der Waals surface area (Å²) in [4.78, 5) is 24.7. The lowest BCUT2D eigenvalue weighted by Gasteiger charge is -2.07. The molecule has 5 aromatic rings. The van der Waals surface area contributed by atoms with E-state index in [1.165, 1.54) is 10.1 Å². The maximum Gasteiger partial charge on any atom is 0.420 e. The summed E-state index contributed by atoms with van der Waals surface area (Å²) < 4.78 is 8.79. The van der Waals surface area contributed by atoms with Gasteiger partial charge in [-0.25, -0.2) is 4.79 Å². The van der Waals surface area contributed by atoms with E-state index in [-0.39, 0.29) is 12.5 Å². The minimum absolute atomic E-state index is 0.107. The lowest BCUT2D eigenvalue weighted by atomic mass is 10.1. The number of nitrogens with zero attached hydrogens (tertiary/aromatic N) is 2. The van der Waals surface area contributed by atoms with Crippen molar-refractivity contribution in [2.75, 3.05) is 5.32 Å². The van der Waals surface area contributed by atoms with Gasteiger partial charge in [0.25, 0.3) is 0 Å². The van der Waals surface area contributed by atoms with Crippen LogP contribution in [0.15, 0.2) is 75.9 Å². The molecule has 0 fully saturated rings. The minimum Gasteiger partial charge on any atom is -0.408 e. The molecular formula is C23H19N3O3. The van der Waals surface area contributed by atoms with Gasteiger partial charge in [0.05, 0.1) is 5.52 Å². The largest absolute Gasteiger partial charge is 0.420 e. The van der Waals surface area contributed by atoms with Crippen molar-refractivity contribution >= 4 is 44.5 Å². The van der Waals surface area contributed by atoms with Crippen LogP contribution in [0.4, 0.5) is 5.69 Å². The standard InChI is InChI=1S/C23H19N3O3/c1-2-25-18-8-4-3-7-16(18)17-13-15(11-12-19(17)25)24-22(27)14-26-20-9-5-6-10-21(20)29-23(26)28/h3-13H,2,14H2,1H3,(H,24,27). The van der Waals surface area contributed by atoms with Gasteiger partial charge in [-0.1, -0.05) is 30.3 Å². The number of hydrogen-bond donors (Lipinski definition) is 1. The summed E-state index contributed by atoms with van der Waals surface area (Å²) in [5.41, 5.74) is 4.07. The number of fused-ring (bicyclic) bond motifs is 4. The number of nitrogens with one attached hydrogen (secondary N) is 1. The van der Waals surface area contributed by atoms with Crippen LogP contribution in [0, 0.1) is 0 Å². The third-order valence-electron chi connectivity index (χ3n) is 5.25. The first-order valence-corrected chi connectivity index (χ1v) is 9.55. The molecule has 6 nitrogen and oxygen atoms in total. The highest BCUT2D eigenvalue weighted by molar-refractivity contribution is 6.09. The van der Waals surface area contributed by atoms with E-state index in [0.717, 1.165) is 22.8 Å². The van der Waals surface area contributed by atoms with E-state index in [1.54, 1.807) is 18.2 Å². The Kier molecular flexibility index (Phi) is 3.98. The Balaban J connectivity index is 1.48. The van der Waals surface area contributed by atoms with Crippen molar-refractivity contribution in [1.29, 1.82) is 0 Å². The number of benzene rings is 3. The fraction of sp³-hybridized carbons (Fsp3) is 0.130. The molecule has 2 heterocycles. The third-order valence-corrected chi connectivity index (χ3v) is 5.25. The molecule has 3 aromatic carbocycles. The van der Waals surface area contributed by atoms with Crippen molar-refractivity contribution in [2.45, 2.75) is 20.0 Å². The predicted octanol–water partition coefficient (Wildman–Crippen LogP) is 4.36. The number of oxazole rings is 1. The zero-order valence-corrected chi connectivity index (χ0v) is 15.9. The Labute approximate surface area is 166 Å². The van der Waals surface area contributed by atoms with E-state index < -0.39 is 5.76 Å². The molecule has 0 aliphatic heterocycles. The van der Waals surface area contributed by atoms with Crippen molar-refractivity contribution < 1.29 is 9.21 Å². The molecule has 6 heteroatoms. The van der Waals surface area contributed by atoms with Gasteiger partial charge in [-0.3, -0.25) is 9.36 Å². The molecule has 0 unspecified atom stereocenters. The van der Waals surface area contributed by atoms with Crippen LogP contribution in [0.5, 0.6) is 0 Å². The number of carbonyl (C=O) groups excluding carboxylic acids is 1. The Morgan fingerprint density at radius 1 is 0.897 bits per heavy atom. The van der Waals surface area contributed by atoms with Crippen LogP contribution in [-0.4, -0.2) is 15.0 Å². The summed E-state index contributed by atoms with van der Waals surface area (Å²) in [6.45, 7) is 2.88. The molecule has 0 radical (unpaired) electrons. The van der Waals surface area contributed by atoms with Crippen molar-refractivity contribution in [2.24, 2.45) is 0 Å². The summed E-state index contributed by atoms with van der Waals surface area (Å²) in [6.07, 6.45) is 0. The molecule has 0 atom stereocenters. The van der Waals surface area contributed by atoms with E-state index >= 15 is 0 Å². The minimum atomic E-state index is -0.539. The second-order valence-electron chi connectivity index (χ2n) is 6.96. The molecule has 0 aliphatic rings. The maximum absolute atomic E-state index is 12.6. The number of amides is 1. The summed E-state index contributed by atoms with van der Waals surface area (Å²) in [5.74, 6) is -0.819. The molecule has 0 saturated heterocycles. The van der Waals surface area contributed by atoms with Gasteiger partial charge in [0.15, 0.2) is 5.58 Å². The molecule has 5 rings (SSSR count). The summed E-state index contributed by atoms with van der Waals surface area (Å²) >= 11 is 0. The number of aromatic nitrogens is 2. The first-order chi connectivity index (χ1) is 14.2. The van der Waals surface area contributed by atoms with Crippen LogP contribution in [0.3, 0.4) is 0 Å². The van der Waals surface area contributed by atoms with Gasteiger partial charge >= 0.3 is 5.76 Å². The molecule has 2 aromatic heterocycles. The molecule has 1 N–H and O–H groups in total. The number of carbonyl (C=O) groups is 1. The number of anilines is 1. The molecule has 0 aliphatic carbocycles. The molecule has 0 bridgehead atoms. The van der Waals surface area contributed by atoms with Gasteiger partial charge in [-0.15, -0.1) is 0 Å². The Hall–Kier alpha value is -3.80. The average Bonchev–Trinajstić information content (AvgIpc) is 3.22. The molecule has 144 valence electrons. The van der Waals surface area contributed by atoms with Crippen molar-refractivity contribution in [3.8, 4) is 0 Å². The highest BCUT2D eigenvalue weighted by atomic mass is 16.4. The van der Waals surface area contributed by atoms with Crippen LogP contribution in [0.1, 0.15) is 6.92 Å². The fourth-order valence-corrected chi connectivity index (χ4v) is 3.98. The smallest absolute Gasteiger partial charge is 0.408 e. The van der Waals surface area contributed by atoms with Crippen LogP contribution in [0.25, 0.3) is 32.9 Å². The lowest BCUT2D eigenvalue weighted by Crippen LogP contribution is -2.24. The molecule has 1 amide bonds. The first-order valence-electron chi connectivity index (χ1n) is 9.55. The van der Waals surface area contributed by atoms with Gasteiger partial charge in [0, 0.05) is 34.0 Å². The predicted molar refractivity (Wildman–Crippen MR) is 114 cm³/mol. The highest BCUT2D eigenvalue weighted by Crippen LogP contribution is 2.31. The SMILES string of the molecule is CCn1c2ccccc2c2cc(NC(=O)Cn3c(=O)oc4ccccc43)ccc21. The quantitative estimate of drug-likeness (QED) is 0.500.